The first-order chi connectivity index (χ1) is 8.75. The molecule has 2 heterocycles. The maximum Gasteiger partial charge on any atom is 0.335 e. The SMILES string of the molecule is O=C(O)c1ccc2[nH]nc(-c3cccnc3)c2c1. The maximum atomic E-state index is 11.0. The predicted molar refractivity (Wildman–Crippen MR) is 66.3 cm³/mol. The number of pyridine rings is 1. The Balaban J connectivity index is 2.24. The van der Waals surface area contributed by atoms with Gasteiger partial charge in [-0.25, -0.2) is 4.79 Å². The summed E-state index contributed by atoms with van der Waals surface area (Å²) in [6.45, 7) is 0. The van der Waals surface area contributed by atoms with E-state index in [4.69, 9.17) is 5.11 Å². The molecule has 0 saturated carbocycles. The molecule has 3 rings (SSSR count). The molecule has 0 fully saturated rings. The van der Waals surface area contributed by atoms with Gasteiger partial charge in [0.25, 0.3) is 0 Å². The Morgan fingerprint density at radius 1 is 1.28 bits per heavy atom. The average Bonchev–Trinajstić information content (AvgIpc) is 2.82. The van der Waals surface area contributed by atoms with Crippen LogP contribution in [0.2, 0.25) is 0 Å². The molecule has 5 heteroatoms. The lowest BCUT2D eigenvalue weighted by molar-refractivity contribution is 0.0697. The number of aromatic nitrogens is 3. The number of nitrogens with one attached hydrogen (secondary N) is 1. The van der Waals surface area contributed by atoms with Crippen molar-refractivity contribution in [1.29, 1.82) is 0 Å². The zero-order chi connectivity index (χ0) is 12.5. The first-order valence-electron chi connectivity index (χ1n) is 5.37. The van der Waals surface area contributed by atoms with Gasteiger partial charge in [-0.1, -0.05) is 0 Å². The zero-order valence-corrected chi connectivity index (χ0v) is 9.29. The van der Waals surface area contributed by atoms with Crippen LogP contribution < -0.4 is 0 Å². The molecule has 88 valence electrons. The molecule has 2 N–H and O–H groups in total. The molecule has 5 nitrogen and oxygen atoms in total. The summed E-state index contributed by atoms with van der Waals surface area (Å²) in [5.41, 5.74) is 2.61. The third-order valence-corrected chi connectivity index (χ3v) is 2.74. The molecule has 0 aliphatic rings. The van der Waals surface area contributed by atoms with Crippen molar-refractivity contribution in [3.63, 3.8) is 0 Å². The van der Waals surface area contributed by atoms with Crippen LogP contribution in [0.3, 0.4) is 0 Å². The average molecular weight is 239 g/mol. The second-order valence-corrected chi connectivity index (χ2v) is 3.88. The fourth-order valence-corrected chi connectivity index (χ4v) is 1.87. The van der Waals surface area contributed by atoms with E-state index in [1.807, 2.05) is 12.1 Å². The van der Waals surface area contributed by atoms with E-state index in [0.717, 1.165) is 16.5 Å². The monoisotopic (exact) mass is 239 g/mol. The number of rotatable bonds is 2. The van der Waals surface area contributed by atoms with E-state index >= 15 is 0 Å². The molecule has 0 spiro atoms. The molecule has 0 unspecified atom stereocenters. The van der Waals surface area contributed by atoms with Gasteiger partial charge in [-0.3, -0.25) is 10.1 Å². The van der Waals surface area contributed by atoms with E-state index in [2.05, 4.69) is 15.2 Å². The van der Waals surface area contributed by atoms with Crippen molar-refractivity contribution in [2.45, 2.75) is 0 Å². The number of hydrogen-bond donors (Lipinski definition) is 2. The second-order valence-electron chi connectivity index (χ2n) is 3.88. The Labute approximate surface area is 102 Å². The van der Waals surface area contributed by atoms with Crippen LogP contribution >= 0.6 is 0 Å². The van der Waals surface area contributed by atoms with Gasteiger partial charge in [0.2, 0.25) is 0 Å². The van der Waals surface area contributed by atoms with Gasteiger partial charge in [0.15, 0.2) is 0 Å². The molecule has 2 aromatic heterocycles. The van der Waals surface area contributed by atoms with Gasteiger partial charge in [-0.2, -0.15) is 5.10 Å². The van der Waals surface area contributed by atoms with Gasteiger partial charge in [0.1, 0.15) is 5.69 Å². The molecule has 0 aliphatic carbocycles. The third kappa shape index (κ3) is 1.62. The van der Waals surface area contributed by atoms with Crippen LogP contribution in [-0.2, 0) is 0 Å². The third-order valence-electron chi connectivity index (χ3n) is 2.74. The number of aromatic carboxylic acids is 1. The van der Waals surface area contributed by atoms with Crippen molar-refractivity contribution < 1.29 is 9.90 Å². The molecule has 0 saturated heterocycles. The first-order valence-corrected chi connectivity index (χ1v) is 5.37. The van der Waals surface area contributed by atoms with E-state index < -0.39 is 5.97 Å². The normalized spacial score (nSPS) is 10.7. The molecule has 0 amide bonds. The van der Waals surface area contributed by atoms with Crippen LogP contribution in [-0.4, -0.2) is 26.3 Å². The number of H-pyrrole nitrogens is 1. The number of fused-ring (bicyclic) bond motifs is 1. The Hall–Kier alpha value is -2.69. The van der Waals surface area contributed by atoms with Crippen LogP contribution in [0.1, 0.15) is 10.4 Å². The first kappa shape index (κ1) is 10.5. The molecule has 18 heavy (non-hydrogen) atoms. The predicted octanol–water partition coefficient (Wildman–Crippen LogP) is 2.32. The largest absolute Gasteiger partial charge is 0.478 e. The molecule has 1 aromatic carbocycles. The minimum absolute atomic E-state index is 0.244. The summed E-state index contributed by atoms with van der Waals surface area (Å²) in [5, 5.41) is 16.9. The van der Waals surface area contributed by atoms with E-state index in [9.17, 15) is 4.79 Å². The van der Waals surface area contributed by atoms with Crippen molar-refractivity contribution in [2.24, 2.45) is 0 Å². The van der Waals surface area contributed by atoms with E-state index in [-0.39, 0.29) is 5.56 Å². The lowest BCUT2D eigenvalue weighted by Gasteiger charge is -1.98. The lowest BCUT2D eigenvalue weighted by atomic mass is 10.1. The van der Waals surface area contributed by atoms with Crippen LogP contribution in [0.25, 0.3) is 22.2 Å². The highest BCUT2D eigenvalue weighted by molar-refractivity contribution is 5.98. The fourth-order valence-electron chi connectivity index (χ4n) is 1.87. The van der Waals surface area contributed by atoms with Gasteiger partial charge in [0.05, 0.1) is 11.1 Å². The molecule has 0 radical (unpaired) electrons. The molecule has 3 aromatic rings. The Kier molecular flexibility index (Phi) is 2.30. The highest BCUT2D eigenvalue weighted by atomic mass is 16.4. The summed E-state index contributed by atoms with van der Waals surface area (Å²) in [4.78, 5) is 15.0. The number of aromatic amines is 1. The van der Waals surface area contributed by atoms with Gasteiger partial charge >= 0.3 is 5.97 Å². The van der Waals surface area contributed by atoms with Crippen molar-refractivity contribution in [2.75, 3.05) is 0 Å². The Bertz CT molecular complexity index is 719. The standard InChI is InChI=1S/C13H9N3O2/c17-13(18)8-3-4-11-10(6-8)12(16-15-11)9-2-1-5-14-7-9/h1-7H,(H,15,16)(H,17,18). The van der Waals surface area contributed by atoms with Crippen LogP contribution in [0.5, 0.6) is 0 Å². The lowest BCUT2D eigenvalue weighted by Crippen LogP contribution is -1.94. The van der Waals surface area contributed by atoms with Crippen molar-refractivity contribution in [1.82, 2.24) is 15.2 Å². The minimum Gasteiger partial charge on any atom is -0.478 e. The number of carboxylic acid groups (broad SMARTS) is 1. The molecular weight excluding hydrogens is 230 g/mol. The summed E-state index contributed by atoms with van der Waals surface area (Å²) < 4.78 is 0. The quantitative estimate of drug-likeness (QED) is 0.719. The maximum absolute atomic E-state index is 11.0. The van der Waals surface area contributed by atoms with Gasteiger partial charge in [-0.15, -0.1) is 0 Å². The van der Waals surface area contributed by atoms with E-state index in [1.54, 1.807) is 30.6 Å². The van der Waals surface area contributed by atoms with Crippen LogP contribution in [0.4, 0.5) is 0 Å². The number of hydrogen-bond acceptors (Lipinski definition) is 3. The number of carboxylic acids is 1. The van der Waals surface area contributed by atoms with Gasteiger partial charge in [0, 0.05) is 23.3 Å². The van der Waals surface area contributed by atoms with Gasteiger partial charge < -0.3 is 5.11 Å². The van der Waals surface area contributed by atoms with Crippen LogP contribution in [0.15, 0.2) is 42.7 Å². The minimum atomic E-state index is -0.949. The summed E-state index contributed by atoms with van der Waals surface area (Å²) >= 11 is 0. The molecular formula is C13H9N3O2. The summed E-state index contributed by atoms with van der Waals surface area (Å²) in [5.74, 6) is -0.949. The highest BCUT2D eigenvalue weighted by Gasteiger charge is 2.11. The molecule has 0 atom stereocenters. The fraction of sp³-hybridized carbons (Fsp3) is 0. The van der Waals surface area contributed by atoms with Crippen molar-refractivity contribution in [3.8, 4) is 11.3 Å². The number of benzene rings is 1. The van der Waals surface area contributed by atoms with Crippen LogP contribution in [0, 0.1) is 0 Å². The number of nitrogens with zero attached hydrogens (tertiary/aromatic N) is 2. The van der Waals surface area contributed by atoms with Gasteiger partial charge in [-0.05, 0) is 30.3 Å². The summed E-state index contributed by atoms with van der Waals surface area (Å²) in [6.07, 6.45) is 3.38. The topological polar surface area (TPSA) is 78.9 Å². The molecule has 0 bridgehead atoms. The molecule has 0 aliphatic heterocycles. The number of carbonyl (C=O) groups is 1. The Morgan fingerprint density at radius 2 is 2.17 bits per heavy atom. The van der Waals surface area contributed by atoms with E-state index in [0.29, 0.717) is 5.69 Å². The smallest absolute Gasteiger partial charge is 0.335 e. The van der Waals surface area contributed by atoms with E-state index in [1.165, 1.54) is 0 Å². The van der Waals surface area contributed by atoms with Crippen molar-refractivity contribution in [3.05, 3.63) is 48.3 Å². The summed E-state index contributed by atoms with van der Waals surface area (Å²) in [6, 6.07) is 8.58. The summed E-state index contributed by atoms with van der Waals surface area (Å²) in [7, 11) is 0. The Morgan fingerprint density at radius 3 is 2.89 bits per heavy atom. The highest BCUT2D eigenvalue weighted by Crippen LogP contribution is 2.26. The van der Waals surface area contributed by atoms with Crippen molar-refractivity contribution >= 4 is 16.9 Å². The zero-order valence-electron chi connectivity index (χ0n) is 9.29. The second kappa shape index (κ2) is 3.96.